The molecule has 1 aromatic rings. The molecular formula is C9H12N2O4S. The molecule has 0 atom stereocenters. The number of carbonyl (C=O) groups is 1. The summed E-state index contributed by atoms with van der Waals surface area (Å²) in [6.45, 7) is 2.33. The van der Waals surface area contributed by atoms with Crippen LogP contribution in [0.4, 0.5) is 0 Å². The monoisotopic (exact) mass is 244 g/mol. The van der Waals surface area contributed by atoms with Gasteiger partial charge in [0.1, 0.15) is 0 Å². The maximum atomic E-state index is 10.5. The predicted molar refractivity (Wildman–Crippen MR) is 57.1 cm³/mol. The summed E-state index contributed by atoms with van der Waals surface area (Å²) in [5, 5.41) is 0. The summed E-state index contributed by atoms with van der Waals surface area (Å²) < 4.78 is 29.6. The summed E-state index contributed by atoms with van der Waals surface area (Å²) in [5.41, 5.74) is 5.84. The average molecular weight is 244 g/mol. The van der Waals surface area contributed by atoms with E-state index in [1.54, 1.807) is 12.1 Å². The maximum absolute atomic E-state index is 10.5. The Morgan fingerprint density at radius 2 is 1.69 bits per heavy atom. The van der Waals surface area contributed by atoms with Crippen LogP contribution in [0.1, 0.15) is 5.56 Å². The molecule has 3 N–H and O–H groups in total. The first-order valence-electron chi connectivity index (χ1n) is 4.45. The van der Waals surface area contributed by atoms with E-state index < -0.39 is 10.1 Å². The molecule has 0 radical (unpaired) electrons. The molecule has 0 bridgehead atoms. The van der Waals surface area contributed by atoms with E-state index in [9.17, 15) is 13.2 Å². The quantitative estimate of drug-likeness (QED) is 0.598. The molecular weight excluding hydrogens is 232 g/mol. The van der Waals surface area contributed by atoms with Crippen molar-refractivity contribution >= 4 is 16.0 Å². The van der Waals surface area contributed by atoms with Crippen molar-refractivity contribution in [2.45, 2.75) is 11.8 Å². The van der Waals surface area contributed by atoms with Gasteiger partial charge >= 0.3 is 0 Å². The van der Waals surface area contributed by atoms with Crippen molar-refractivity contribution in [3.63, 3.8) is 0 Å². The molecule has 1 heterocycles. The Morgan fingerprint density at radius 3 is 1.94 bits per heavy atom. The Balaban J connectivity index is 0.000000212. The first-order valence-corrected chi connectivity index (χ1v) is 5.89. The van der Waals surface area contributed by atoms with Gasteiger partial charge in [-0.25, -0.2) is 5.43 Å². The van der Waals surface area contributed by atoms with E-state index in [2.05, 4.69) is 10.9 Å². The van der Waals surface area contributed by atoms with Crippen molar-refractivity contribution in [2.24, 2.45) is 0 Å². The number of rotatable bonds is 1. The Labute approximate surface area is 93.4 Å². The van der Waals surface area contributed by atoms with Crippen molar-refractivity contribution in [2.75, 3.05) is 6.54 Å². The highest BCUT2D eigenvalue weighted by Gasteiger charge is 2.07. The molecule has 0 aromatic heterocycles. The Morgan fingerprint density at radius 1 is 1.25 bits per heavy atom. The lowest BCUT2D eigenvalue weighted by Crippen LogP contribution is -2.55. The molecule has 0 aliphatic carbocycles. The van der Waals surface area contributed by atoms with Crippen molar-refractivity contribution < 1.29 is 17.8 Å². The van der Waals surface area contributed by atoms with E-state index in [0.717, 1.165) is 5.56 Å². The minimum Gasteiger partial charge on any atom is -0.290 e. The zero-order valence-electron chi connectivity index (χ0n) is 8.60. The summed E-state index contributed by atoms with van der Waals surface area (Å²) in [7, 11) is -4.02. The van der Waals surface area contributed by atoms with Crippen LogP contribution in [0.2, 0.25) is 0 Å². The summed E-state index contributed by atoms with van der Waals surface area (Å²) in [6, 6.07) is 5.99. The fourth-order valence-corrected chi connectivity index (χ4v) is 1.35. The molecule has 1 aliphatic heterocycles. The number of carbonyl (C=O) groups excluding carboxylic acids is 1. The third-order valence-corrected chi connectivity index (χ3v) is 2.66. The van der Waals surface area contributed by atoms with E-state index in [0.29, 0.717) is 6.54 Å². The molecule has 0 spiro atoms. The first-order chi connectivity index (χ1) is 7.39. The summed E-state index contributed by atoms with van der Waals surface area (Å²) in [6.07, 6.45) is 0. The van der Waals surface area contributed by atoms with Crippen molar-refractivity contribution in [3.05, 3.63) is 29.8 Å². The highest BCUT2D eigenvalue weighted by molar-refractivity contribution is 7.85. The van der Waals surface area contributed by atoms with Crippen LogP contribution in [-0.2, 0) is 14.9 Å². The highest BCUT2D eigenvalue weighted by atomic mass is 32.2. The lowest BCUT2D eigenvalue weighted by atomic mass is 10.2. The second kappa shape index (κ2) is 5.06. The van der Waals surface area contributed by atoms with Crippen LogP contribution in [0.15, 0.2) is 29.2 Å². The van der Waals surface area contributed by atoms with E-state index in [-0.39, 0.29) is 10.8 Å². The van der Waals surface area contributed by atoms with Crippen LogP contribution in [-0.4, -0.2) is 25.4 Å². The van der Waals surface area contributed by atoms with Crippen LogP contribution in [0.25, 0.3) is 0 Å². The van der Waals surface area contributed by atoms with Crippen LogP contribution in [0.3, 0.4) is 0 Å². The van der Waals surface area contributed by atoms with Gasteiger partial charge in [-0.2, -0.15) is 8.42 Å². The fraction of sp³-hybridized carbons (Fsp3) is 0.222. The van der Waals surface area contributed by atoms with Crippen molar-refractivity contribution in [3.8, 4) is 0 Å². The van der Waals surface area contributed by atoms with E-state index in [4.69, 9.17) is 4.55 Å². The van der Waals surface area contributed by atoms with Gasteiger partial charge in [-0.1, -0.05) is 17.7 Å². The first kappa shape index (κ1) is 12.6. The third-order valence-electron chi connectivity index (χ3n) is 1.80. The summed E-state index contributed by atoms with van der Waals surface area (Å²) in [5.74, 6) is 0.0741. The van der Waals surface area contributed by atoms with Gasteiger partial charge in [0, 0.05) is 0 Å². The van der Waals surface area contributed by atoms with Crippen molar-refractivity contribution in [1.82, 2.24) is 10.9 Å². The number of hydrogen-bond donors (Lipinski definition) is 3. The fourth-order valence-electron chi connectivity index (χ4n) is 0.871. The third kappa shape index (κ3) is 3.97. The molecule has 88 valence electrons. The maximum Gasteiger partial charge on any atom is 0.294 e. The lowest BCUT2D eigenvalue weighted by molar-refractivity contribution is -0.126. The van der Waals surface area contributed by atoms with E-state index in [1.807, 2.05) is 6.92 Å². The number of amides is 1. The smallest absolute Gasteiger partial charge is 0.290 e. The number of hydrogen-bond acceptors (Lipinski definition) is 4. The molecule has 6 nitrogen and oxygen atoms in total. The van der Waals surface area contributed by atoms with Crippen LogP contribution in [0, 0.1) is 6.92 Å². The normalized spacial score (nSPS) is 14.2. The van der Waals surface area contributed by atoms with E-state index in [1.165, 1.54) is 12.1 Å². The minimum absolute atomic E-state index is 0.0666. The van der Waals surface area contributed by atoms with Crippen molar-refractivity contribution in [1.29, 1.82) is 0 Å². The van der Waals surface area contributed by atoms with Gasteiger partial charge in [0.25, 0.3) is 10.1 Å². The number of hydrazine groups is 1. The van der Waals surface area contributed by atoms with E-state index >= 15 is 0 Å². The minimum atomic E-state index is -4.02. The molecule has 1 fully saturated rings. The largest absolute Gasteiger partial charge is 0.294 e. The molecule has 0 saturated carbocycles. The average Bonchev–Trinajstić information content (AvgIpc) is 2.15. The second-order valence-corrected chi connectivity index (χ2v) is 4.61. The van der Waals surface area contributed by atoms with Gasteiger partial charge in [0.05, 0.1) is 11.4 Å². The molecule has 1 amide bonds. The number of nitrogens with one attached hydrogen (secondary N) is 2. The summed E-state index contributed by atoms with van der Waals surface area (Å²) in [4.78, 5) is 9.66. The Kier molecular flexibility index (Phi) is 3.99. The standard InChI is InChI=1S/C7H8O3S.C2H4N2O/c1-6-2-4-7(5-3-6)11(8,9)10;5-2-1-3-4-2/h2-5H,1H3,(H,8,9,10);3H,1H2,(H,4,5). The topological polar surface area (TPSA) is 95.5 Å². The predicted octanol–water partition coefficient (Wildman–Crippen LogP) is -0.137. The molecule has 7 heteroatoms. The molecule has 1 saturated heterocycles. The molecule has 1 aromatic carbocycles. The molecule has 1 aliphatic rings. The molecule has 0 unspecified atom stereocenters. The lowest BCUT2D eigenvalue weighted by Gasteiger charge is -2.12. The number of benzene rings is 1. The second-order valence-electron chi connectivity index (χ2n) is 3.19. The Hall–Kier alpha value is -1.44. The van der Waals surface area contributed by atoms with Crippen LogP contribution in [0.5, 0.6) is 0 Å². The van der Waals surface area contributed by atoms with Gasteiger partial charge < -0.3 is 0 Å². The van der Waals surface area contributed by atoms with Gasteiger partial charge in [0.2, 0.25) is 5.91 Å². The van der Waals surface area contributed by atoms with Gasteiger partial charge in [-0.3, -0.25) is 14.8 Å². The highest BCUT2D eigenvalue weighted by Crippen LogP contribution is 2.08. The van der Waals surface area contributed by atoms with Crippen LogP contribution >= 0.6 is 0 Å². The number of aryl methyl sites for hydroxylation is 1. The van der Waals surface area contributed by atoms with Gasteiger partial charge in [0.15, 0.2) is 0 Å². The molecule has 2 rings (SSSR count). The zero-order chi connectivity index (χ0) is 12.2. The molecule has 16 heavy (non-hydrogen) atoms. The SMILES string of the molecule is Cc1ccc(S(=O)(=O)O)cc1.O=C1CNN1. The van der Waals surface area contributed by atoms with Crippen LogP contribution < -0.4 is 10.9 Å². The Bertz CT molecular complexity index is 461. The van der Waals surface area contributed by atoms with Gasteiger partial charge in [-0.05, 0) is 19.1 Å². The van der Waals surface area contributed by atoms with Gasteiger partial charge in [-0.15, -0.1) is 0 Å². The zero-order valence-corrected chi connectivity index (χ0v) is 9.41. The summed E-state index contributed by atoms with van der Waals surface area (Å²) >= 11 is 0.